The zero-order valence-electron chi connectivity index (χ0n) is 10.3. The first-order valence-electron chi connectivity index (χ1n) is 5.94. The van der Waals surface area contributed by atoms with Crippen molar-refractivity contribution in [3.05, 3.63) is 69.7 Å². The Morgan fingerprint density at radius 3 is 2.32 bits per heavy atom. The highest BCUT2D eigenvalue weighted by Gasteiger charge is 2.17. The molecule has 0 aliphatic rings. The molecule has 19 heavy (non-hydrogen) atoms. The van der Waals surface area contributed by atoms with E-state index in [-0.39, 0.29) is 10.6 Å². The molecule has 0 spiro atoms. The molecule has 1 atom stereocenters. The van der Waals surface area contributed by atoms with Gasteiger partial charge in [0, 0.05) is 5.56 Å². The van der Waals surface area contributed by atoms with E-state index in [0.717, 1.165) is 24.1 Å². The van der Waals surface area contributed by atoms with Crippen LogP contribution in [0.5, 0.6) is 0 Å². The minimum absolute atomic E-state index is 0.119. The number of hydrogen-bond acceptors (Lipinski definition) is 1. The summed E-state index contributed by atoms with van der Waals surface area (Å²) in [7, 11) is 0. The van der Waals surface area contributed by atoms with E-state index in [1.54, 1.807) is 12.1 Å². The lowest BCUT2D eigenvalue weighted by atomic mass is 9.99. The maximum Gasteiger partial charge on any atom is 0.142 e. The molecule has 0 saturated heterocycles. The lowest BCUT2D eigenvalue weighted by Gasteiger charge is -2.13. The van der Waals surface area contributed by atoms with Crippen LogP contribution in [-0.2, 0) is 6.42 Å². The quantitative estimate of drug-likeness (QED) is 0.834. The Labute approximate surface area is 115 Å². The molecule has 0 aromatic heterocycles. The first kappa shape index (κ1) is 14.0. The molecule has 1 N–H and O–H groups in total. The standard InChI is InChI=1S/C15H13ClF2O/c1-2-9-3-5-10(6-4-9)15(19)11-7-14(18)12(16)8-13(11)17/h3-8,15,19H,2H2,1H3. The Bertz CT molecular complexity index is 581. The van der Waals surface area contributed by atoms with E-state index < -0.39 is 17.7 Å². The fraction of sp³-hybridized carbons (Fsp3) is 0.200. The third kappa shape index (κ3) is 2.94. The number of halogens is 3. The SMILES string of the molecule is CCc1ccc(C(O)c2cc(F)c(Cl)cc2F)cc1. The molecule has 1 unspecified atom stereocenters. The Morgan fingerprint density at radius 1 is 1.11 bits per heavy atom. The van der Waals surface area contributed by atoms with Gasteiger partial charge in [0.2, 0.25) is 0 Å². The fourth-order valence-corrected chi connectivity index (χ4v) is 2.01. The Hall–Kier alpha value is -1.45. The number of aliphatic hydroxyl groups excluding tert-OH is 1. The van der Waals surface area contributed by atoms with Crippen LogP contribution in [0.15, 0.2) is 36.4 Å². The molecule has 0 heterocycles. The molecule has 0 saturated carbocycles. The number of hydrogen-bond donors (Lipinski definition) is 1. The van der Waals surface area contributed by atoms with Crippen LogP contribution in [0, 0.1) is 11.6 Å². The molecule has 0 aliphatic heterocycles. The van der Waals surface area contributed by atoms with E-state index in [2.05, 4.69) is 0 Å². The van der Waals surface area contributed by atoms with Gasteiger partial charge >= 0.3 is 0 Å². The lowest BCUT2D eigenvalue weighted by molar-refractivity contribution is 0.214. The van der Waals surface area contributed by atoms with Crippen molar-refractivity contribution in [2.24, 2.45) is 0 Å². The molecule has 0 radical (unpaired) electrons. The lowest BCUT2D eigenvalue weighted by Crippen LogP contribution is -2.04. The number of benzene rings is 2. The summed E-state index contributed by atoms with van der Waals surface area (Å²) in [6.07, 6.45) is -0.335. The maximum atomic E-state index is 13.7. The van der Waals surface area contributed by atoms with Crippen molar-refractivity contribution < 1.29 is 13.9 Å². The minimum Gasteiger partial charge on any atom is -0.384 e. The van der Waals surface area contributed by atoms with Gasteiger partial charge < -0.3 is 5.11 Å². The van der Waals surface area contributed by atoms with Gasteiger partial charge in [-0.1, -0.05) is 42.8 Å². The molecule has 2 aromatic rings. The van der Waals surface area contributed by atoms with Gasteiger partial charge in [-0.15, -0.1) is 0 Å². The van der Waals surface area contributed by atoms with Crippen LogP contribution in [0.2, 0.25) is 5.02 Å². The van der Waals surface area contributed by atoms with Gasteiger partial charge in [0.1, 0.15) is 17.7 Å². The summed E-state index contributed by atoms with van der Waals surface area (Å²) in [5, 5.41) is 9.81. The molecular formula is C15H13ClF2O. The zero-order valence-corrected chi connectivity index (χ0v) is 11.1. The van der Waals surface area contributed by atoms with Crippen LogP contribution >= 0.6 is 11.6 Å². The van der Waals surface area contributed by atoms with Gasteiger partial charge in [-0.25, -0.2) is 8.78 Å². The van der Waals surface area contributed by atoms with Gasteiger partial charge in [0.25, 0.3) is 0 Å². The molecule has 0 aliphatic carbocycles. The molecule has 0 fully saturated rings. The van der Waals surface area contributed by atoms with Crippen LogP contribution in [-0.4, -0.2) is 5.11 Å². The van der Waals surface area contributed by atoms with Crippen molar-refractivity contribution in [1.29, 1.82) is 0 Å². The maximum absolute atomic E-state index is 13.7. The molecule has 0 bridgehead atoms. The van der Waals surface area contributed by atoms with Gasteiger partial charge in [-0.05, 0) is 29.7 Å². The van der Waals surface area contributed by atoms with Crippen molar-refractivity contribution in [3.8, 4) is 0 Å². The van der Waals surface area contributed by atoms with Crippen molar-refractivity contribution in [1.82, 2.24) is 0 Å². The van der Waals surface area contributed by atoms with E-state index in [1.807, 2.05) is 19.1 Å². The molecular weight excluding hydrogens is 270 g/mol. The van der Waals surface area contributed by atoms with Crippen LogP contribution in [0.3, 0.4) is 0 Å². The van der Waals surface area contributed by atoms with E-state index in [1.165, 1.54) is 0 Å². The Morgan fingerprint density at radius 2 is 1.74 bits per heavy atom. The van der Waals surface area contributed by atoms with Crippen molar-refractivity contribution in [2.45, 2.75) is 19.4 Å². The predicted octanol–water partition coefficient (Wildman–Crippen LogP) is 4.26. The topological polar surface area (TPSA) is 20.2 Å². The number of aliphatic hydroxyl groups is 1. The molecule has 2 aromatic carbocycles. The average Bonchev–Trinajstić information content (AvgIpc) is 2.42. The normalized spacial score (nSPS) is 12.5. The van der Waals surface area contributed by atoms with Gasteiger partial charge in [-0.3, -0.25) is 0 Å². The van der Waals surface area contributed by atoms with Crippen LogP contribution in [0.4, 0.5) is 8.78 Å². The van der Waals surface area contributed by atoms with Gasteiger partial charge in [0.15, 0.2) is 0 Å². The smallest absolute Gasteiger partial charge is 0.142 e. The van der Waals surface area contributed by atoms with E-state index in [9.17, 15) is 13.9 Å². The van der Waals surface area contributed by atoms with Crippen molar-refractivity contribution in [2.75, 3.05) is 0 Å². The van der Waals surface area contributed by atoms with E-state index >= 15 is 0 Å². The average molecular weight is 283 g/mol. The molecule has 100 valence electrons. The third-order valence-electron chi connectivity index (χ3n) is 3.04. The monoisotopic (exact) mass is 282 g/mol. The highest BCUT2D eigenvalue weighted by atomic mass is 35.5. The second kappa shape index (κ2) is 5.68. The predicted molar refractivity (Wildman–Crippen MR) is 71.2 cm³/mol. The van der Waals surface area contributed by atoms with Crippen LogP contribution in [0.25, 0.3) is 0 Å². The van der Waals surface area contributed by atoms with Gasteiger partial charge in [0.05, 0.1) is 5.02 Å². The highest BCUT2D eigenvalue weighted by Crippen LogP contribution is 2.28. The number of aryl methyl sites for hydroxylation is 1. The summed E-state index contributed by atoms with van der Waals surface area (Å²) in [6.45, 7) is 2.01. The van der Waals surface area contributed by atoms with Crippen molar-refractivity contribution in [3.63, 3.8) is 0 Å². The third-order valence-corrected chi connectivity index (χ3v) is 3.33. The zero-order chi connectivity index (χ0) is 14.0. The summed E-state index contributed by atoms with van der Waals surface area (Å²) in [6, 6.07) is 8.91. The molecule has 2 rings (SSSR count). The summed E-state index contributed by atoms with van der Waals surface area (Å²) in [4.78, 5) is 0. The first-order chi connectivity index (χ1) is 9.02. The Kier molecular flexibility index (Phi) is 4.17. The fourth-order valence-electron chi connectivity index (χ4n) is 1.86. The summed E-state index contributed by atoms with van der Waals surface area (Å²) in [5.74, 6) is -1.47. The summed E-state index contributed by atoms with van der Waals surface area (Å²) < 4.78 is 27.0. The minimum atomic E-state index is -1.21. The largest absolute Gasteiger partial charge is 0.384 e. The van der Waals surface area contributed by atoms with Crippen LogP contribution < -0.4 is 0 Å². The van der Waals surface area contributed by atoms with E-state index in [4.69, 9.17) is 11.6 Å². The molecule has 4 heteroatoms. The van der Waals surface area contributed by atoms with Crippen LogP contribution in [0.1, 0.15) is 29.7 Å². The molecule has 1 nitrogen and oxygen atoms in total. The summed E-state index contributed by atoms with van der Waals surface area (Å²) in [5.41, 5.74) is 1.50. The van der Waals surface area contributed by atoms with Crippen molar-refractivity contribution >= 4 is 11.6 Å². The second-order valence-corrected chi connectivity index (χ2v) is 4.69. The highest BCUT2D eigenvalue weighted by molar-refractivity contribution is 6.30. The summed E-state index contributed by atoms with van der Waals surface area (Å²) >= 11 is 5.48. The Balaban J connectivity index is 2.37. The second-order valence-electron chi connectivity index (χ2n) is 4.29. The van der Waals surface area contributed by atoms with Gasteiger partial charge in [-0.2, -0.15) is 0 Å². The van der Waals surface area contributed by atoms with E-state index in [0.29, 0.717) is 5.56 Å². The number of rotatable bonds is 3. The molecule has 0 amide bonds. The first-order valence-corrected chi connectivity index (χ1v) is 6.32.